The lowest BCUT2D eigenvalue weighted by Crippen LogP contribution is -3.00. The molecule has 0 bridgehead atoms. The first-order valence-electron chi connectivity index (χ1n) is 6.38. The molecule has 0 aliphatic rings. The van der Waals surface area contributed by atoms with E-state index in [0.29, 0.717) is 0 Å². The number of hydrogen-bond donors (Lipinski definition) is 3. The lowest BCUT2D eigenvalue weighted by Gasteiger charge is -2.06. The summed E-state index contributed by atoms with van der Waals surface area (Å²) in [4.78, 5) is 34.2. The third-order valence-corrected chi connectivity index (χ3v) is 2.90. The molecule has 2 rings (SSSR count). The van der Waals surface area contributed by atoms with Gasteiger partial charge in [0.2, 0.25) is 6.54 Å². The van der Waals surface area contributed by atoms with Crippen molar-refractivity contribution in [2.24, 2.45) is 5.73 Å². The summed E-state index contributed by atoms with van der Waals surface area (Å²) >= 11 is 0. The Morgan fingerprint density at radius 1 is 1.13 bits per heavy atom. The van der Waals surface area contributed by atoms with Crippen LogP contribution in [0, 0.1) is 0 Å². The molecule has 8 heteroatoms. The number of pyridine rings is 1. The maximum Gasteiger partial charge on any atom is 0.337 e. The number of primary amides is 1. The molecule has 0 radical (unpaired) electrons. The summed E-state index contributed by atoms with van der Waals surface area (Å²) in [6.45, 7) is -0.0743. The van der Waals surface area contributed by atoms with Gasteiger partial charge in [-0.2, -0.15) is 4.57 Å². The highest BCUT2D eigenvalue weighted by atomic mass is 35.5. The molecule has 0 aliphatic heterocycles. The number of aromatic carboxylic acids is 1. The molecule has 0 atom stereocenters. The molecule has 0 saturated heterocycles. The predicted molar refractivity (Wildman–Crippen MR) is 77.2 cm³/mol. The molecule has 0 saturated carbocycles. The zero-order valence-corrected chi connectivity index (χ0v) is 12.7. The molecule has 1 aromatic carbocycles. The standard InChI is InChI=1S/C15H13N3O4.ClH/c16-14(20)10-4-3-7-18(8-10)9-13(19)17-12-6-2-1-5-11(12)15(21)22;/h1-8H,9H2,(H3-,16,17,19,20,21,22);1H. The van der Waals surface area contributed by atoms with E-state index >= 15 is 0 Å². The summed E-state index contributed by atoms with van der Waals surface area (Å²) in [7, 11) is 0. The SMILES string of the molecule is NC(=O)c1ccc[n+](CC(=O)Nc2ccccc2C(=O)O)c1.[Cl-]. The second-order valence-corrected chi connectivity index (χ2v) is 4.53. The number of carbonyl (C=O) groups excluding carboxylic acids is 2. The zero-order valence-electron chi connectivity index (χ0n) is 11.9. The molecule has 1 aromatic heterocycles. The fraction of sp³-hybridized carbons (Fsp3) is 0.0667. The Hall–Kier alpha value is -2.93. The molecule has 0 aliphatic carbocycles. The van der Waals surface area contributed by atoms with Gasteiger partial charge in [-0.05, 0) is 18.2 Å². The smallest absolute Gasteiger partial charge is 0.337 e. The van der Waals surface area contributed by atoms with Gasteiger partial charge in [0.05, 0.1) is 11.3 Å². The van der Waals surface area contributed by atoms with E-state index in [4.69, 9.17) is 10.8 Å². The molecule has 1 heterocycles. The van der Waals surface area contributed by atoms with Crippen molar-refractivity contribution in [3.63, 3.8) is 0 Å². The monoisotopic (exact) mass is 335 g/mol. The number of rotatable bonds is 5. The Balaban J connectivity index is 0.00000264. The van der Waals surface area contributed by atoms with Crippen molar-refractivity contribution in [3.8, 4) is 0 Å². The van der Waals surface area contributed by atoms with Gasteiger partial charge in [-0.25, -0.2) is 4.79 Å². The van der Waals surface area contributed by atoms with Crippen LogP contribution in [0.25, 0.3) is 0 Å². The average Bonchev–Trinajstić information content (AvgIpc) is 2.47. The summed E-state index contributed by atoms with van der Waals surface area (Å²) in [5.74, 6) is -2.13. The van der Waals surface area contributed by atoms with E-state index in [1.165, 1.54) is 29.0 Å². The number of nitrogens with two attached hydrogens (primary N) is 1. The number of para-hydroxylation sites is 1. The topological polar surface area (TPSA) is 113 Å². The van der Waals surface area contributed by atoms with Gasteiger partial charge in [-0.3, -0.25) is 9.59 Å². The number of aromatic nitrogens is 1. The van der Waals surface area contributed by atoms with Gasteiger partial charge < -0.3 is 28.6 Å². The van der Waals surface area contributed by atoms with Crippen LogP contribution in [0.2, 0.25) is 0 Å². The van der Waals surface area contributed by atoms with Gasteiger partial charge in [0.1, 0.15) is 5.56 Å². The van der Waals surface area contributed by atoms with Crippen LogP contribution in [-0.4, -0.2) is 22.9 Å². The highest BCUT2D eigenvalue weighted by Crippen LogP contribution is 2.14. The van der Waals surface area contributed by atoms with Crippen molar-refractivity contribution in [1.29, 1.82) is 0 Å². The number of benzene rings is 1. The summed E-state index contributed by atoms with van der Waals surface area (Å²) in [6.07, 6.45) is 3.06. The summed E-state index contributed by atoms with van der Waals surface area (Å²) < 4.78 is 1.48. The number of halogens is 1. The third kappa shape index (κ3) is 4.79. The number of carbonyl (C=O) groups is 3. The van der Waals surface area contributed by atoms with E-state index in [-0.39, 0.29) is 35.8 Å². The predicted octanol–water partition coefficient (Wildman–Crippen LogP) is -2.59. The number of amides is 2. The largest absolute Gasteiger partial charge is 1.00 e. The van der Waals surface area contributed by atoms with Crippen molar-refractivity contribution in [2.75, 3.05) is 5.32 Å². The number of hydrogen-bond acceptors (Lipinski definition) is 3. The molecular formula is C15H14ClN3O4. The van der Waals surface area contributed by atoms with Crippen LogP contribution < -0.4 is 28.0 Å². The molecule has 7 nitrogen and oxygen atoms in total. The molecule has 23 heavy (non-hydrogen) atoms. The van der Waals surface area contributed by atoms with Gasteiger partial charge in [0, 0.05) is 6.07 Å². The second-order valence-electron chi connectivity index (χ2n) is 4.53. The lowest BCUT2D eigenvalue weighted by atomic mass is 10.2. The Labute approximate surface area is 138 Å². The minimum atomic E-state index is -1.13. The summed E-state index contributed by atoms with van der Waals surface area (Å²) in [5.41, 5.74) is 5.67. The van der Waals surface area contributed by atoms with Crippen molar-refractivity contribution in [3.05, 3.63) is 59.9 Å². The van der Waals surface area contributed by atoms with E-state index in [0.717, 1.165) is 0 Å². The first kappa shape index (κ1) is 18.1. The van der Waals surface area contributed by atoms with Crippen molar-refractivity contribution in [1.82, 2.24) is 0 Å². The highest BCUT2D eigenvalue weighted by Gasteiger charge is 2.15. The third-order valence-electron chi connectivity index (χ3n) is 2.90. The van der Waals surface area contributed by atoms with E-state index < -0.39 is 17.8 Å². The maximum absolute atomic E-state index is 12.0. The fourth-order valence-electron chi connectivity index (χ4n) is 1.90. The van der Waals surface area contributed by atoms with Gasteiger partial charge in [-0.15, -0.1) is 0 Å². The van der Waals surface area contributed by atoms with Gasteiger partial charge in [0.15, 0.2) is 12.4 Å². The fourth-order valence-corrected chi connectivity index (χ4v) is 1.90. The second kappa shape index (κ2) is 7.90. The first-order chi connectivity index (χ1) is 10.5. The molecule has 2 amide bonds. The number of nitrogens with one attached hydrogen (secondary N) is 1. The van der Waals surface area contributed by atoms with Crippen LogP contribution in [0.4, 0.5) is 5.69 Å². The van der Waals surface area contributed by atoms with Crippen LogP contribution in [0.3, 0.4) is 0 Å². The summed E-state index contributed by atoms with van der Waals surface area (Å²) in [6, 6.07) is 9.24. The minimum Gasteiger partial charge on any atom is -1.00 e. The minimum absolute atomic E-state index is 0. The van der Waals surface area contributed by atoms with Gasteiger partial charge >= 0.3 is 5.97 Å². The average molecular weight is 336 g/mol. The van der Waals surface area contributed by atoms with Crippen molar-refractivity contribution in [2.45, 2.75) is 6.54 Å². The molecule has 0 fully saturated rings. The summed E-state index contributed by atoms with van der Waals surface area (Å²) in [5, 5.41) is 11.6. The number of carboxylic acid groups (broad SMARTS) is 1. The zero-order chi connectivity index (χ0) is 16.1. The van der Waals surface area contributed by atoms with E-state index in [1.54, 1.807) is 24.4 Å². The molecule has 4 N–H and O–H groups in total. The number of anilines is 1. The molecule has 120 valence electrons. The number of nitrogens with zero attached hydrogens (tertiary/aromatic N) is 1. The van der Waals surface area contributed by atoms with Gasteiger partial charge in [0.25, 0.3) is 11.8 Å². The maximum atomic E-state index is 12.0. The van der Waals surface area contributed by atoms with Gasteiger partial charge in [-0.1, -0.05) is 12.1 Å². The first-order valence-corrected chi connectivity index (χ1v) is 6.38. The van der Waals surface area contributed by atoms with Crippen LogP contribution in [0.1, 0.15) is 20.7 Å². The Morgan fingerprint density at radius 2 is 1.83 bits per heavy atom. The van der Waals surface area contributed by atoms with E-state index in [1.807, 2.05) is 0 Å². The van der Waals surface area contributed by atoms with Crippen LogP contribution >= 0.6 is 0 Å². The molecule has 0 unspecified atom stereocenters. The van der Waals surface area contributed by atoms with Crippen molar-refractivity contribution < 1.29 is 36.5 Å². The van der Waals surface area contributed by atoms with E-state index in [2.05, 4.69) is 5.32 Å². The van der Waals surface area contributed by atoms with Crippen LogP contribution in [0.5, 0.6) is 0 Å². The Bertz CT molecular complexity index is 749. The van der Waals surface area contributed by atoms with E-state index in [9.17, 15) is 14.4 Å². The Morgan fingerprint density at radius 3 is 2.48 bits per heavy atom. The van der Waals surface area contributed by atoms with Crippen LogP contribution in [-0.2, 0) is 11.3 Å². The Kier molecular flexibility index (Phi) is 6.23. The quantitative estimate of drug-likeness (QED) is 0.520. The number of carboxylic acids is 1. The highest BCUT2D eigenvalue weighted by molar-refractivity contribution is 6.00. The lowest BCUT2D eigenvalue weighted by molar-refractivity contribution is -0.684. The van der Waals surface area contributed by atoms with Crippen LogP contribution in [0.15, 0.2) is 48.8 Å². The normalized spacial score (nSPS) is 9.57. The molecule has 0 spiro atoms. The molecular weight excluding hydrogens is 322 g/mol. The molecule has 2 aromatic rings. The van der Waals surface area contributed by atoms with Crippen molar-refractivity contribution >= 4 is 23.5 Å².